The lowest BCUT2D eigenvalue weighted by atomic mass is 9.77. The number of aliphatic hydroxyl groups is 1. The smallest absolute Gasteiger partial charge is 0.253 e. The number of methoxy groups -OCH3 is 1. The summed E-state index contributed by atoms with van der Waals surface area (Å²) in [6.45, 7) is 1.42. The van der Waals surface area contributed by atoms with Gasteiger partial charge in [-0.1, -0.05) is 54.6 Å². The predicted octanol–water partition coefficient (Wildman–Crippen LogP) is 2.55. The molecule has 2 aromatic carbocycles. The molecule has 2 fully saturated rings. The minimum atomic E-state index is -1.28. The molecular formula is C32H35N3O6. The Morgan fingerprint density at radius 2 is 1.73 bits per heavy atom. The molecule has 6 rings (SSSR count). The summed E-state index contributed by atoms with van der Waals surface area (Å²) >= 11 is 0. The number of nitrogens with zero attached hydrogens (tertiary/aromatic N) is 3. The molecule has 41 heavy (non-hydrogen) atoms. The Kier molecular flexibility index (Phi) is 7.40. The van der Waals surface area contributed by atoms with Crippen molar-refractivity contribution < 1.29 is 29.0 Å². The average molecular weight is 558 g/mol. The Hall–Kier alpha value is -3.95. The number of benzene rings is 2. The fourth-order valence-corrected chi connectivity index (χ4v) is 6.76. The van der Waals surface area contributed by atoms with Crippen molar-refractivity contribution in [1.29, 1.82) is 0 Å². The van der Waals surface area contributed by atoms with Crippen LogP contribution in [-0.4, -0.2) is 83.7 Å². The van der Waals surface area contributed by atoms with Crippen LogP contribution in [0, 0.1) is 11.8 Å². The van der Waals surface area contributed by atoms with Crippen LogP contribution in [0.4, 0.5) is 5.69 Å². The normalized spacial score (nSPS) is 28.8. The van der Waals surface area contributed by atoms with Crippen molar-refractivity contribution >= 4 is 23.4 Å². The standard InChI is InChI=1S/C32H35N3O6/c1-40-24-14-12-23(13-15-24)34-19-8-16-32-27(30(38)35(18-5-6-20-36)28(32)31(34)39)26-25(41-32)11-7-17-33(29(26)37)21-22-9-3-2-4-10-22/h2-4,7-16,25-28,36H,5-6,17-21H2,1H3/t25-,26+,27+,28?,32+/m1/s1. The SMILES string of the molecule is COc1ccc(N2CC=C[C@]34O[C@@H]5C=CCN(Cc6ccccc6)C(=O)[C@@H]5[C@H]3C(=O)N(CCCCO)C4C2=O)cc1. The van der Waals surface area contributed by atoms with Gasteiger partial charge in [0, 0.05) is 38.5 Å². The molecule has 0 aromatic heterocycles. The van der Waals surface area contributed by atoms with Gasteiger partial charge in [-0.15, -0.1) is 0 Å². The highest BCUT2D eigenvalue weighted by atomic mass is 16.5. The molecule has 0 saturated carbocycles. The molecule has 0 bridgehead atoms. The first-order chi connectivity index (χ1) is 20.0. The van der Waals surface area contributed by atoms with Crippen molar-refractivity contribution in [2.45, 2.75) is 37.1 Å². The van der Waals surface area contributed by atoms with Gasteiger partial charge in [0.1, 0.15) is 17.4 Å². The summed E-state index contributed by atoms with van der Waals surface area (Å²) < 4.78 is 12.0. The highest BCUT2D eigenvalue weighted by Crippen LogP contribution is 2.53. The van der Waals surface area contributed by atoms with Crippen LogP contribution in [0.25, 0.3) is 0 Å². The van der Waals surface area contributed by atoms with Crippen molar-refractivity contribution in [3.05, 3.63) is 84.5 Å². The highest BCUT2D eigenvalue weighted by Gasteiger charge is 2.71. The molecule has 4 aliphatic rings. The van der Waals surface area contributed by atoms with E-state index in [1.165, 1.54) is 0 Å². The zero-order chi connectivity index (χ0) is 28.6. The molecule has 9 heteroatoms. The number of ether oxygens (including phenoxy) is 2. The van der Waals surface area contributed by atoms with Gasteiger partial charge in [0.2, 0.25) is 11.8 Å². The third-order valence-corrected chi connectivity index (χ3v) is 8.65. The van der Waals surface area contributed by atoms with E-state index in [1.807, 2.05) is 66.8 Å². The number of fused-ring (bicyclic) bond motifs is 2. The number of aliphatic hydroxyl groups excluding tert-OH is 1. The van der Waals surface area contributed by atoms with E-state index in [2.05, 4.69) is 0 Å². The summed E-state index contributed by atoms with van der Waals surface area (Å²) in [5.41, 5.74) is 0.405. The topological polar surface area (TPSA) is 99.6 Å². The number of amides is 3. The van der Waals surface area contributed by atoms with Crippen LogP contribution in [-0.2, 0) is 25.7 Å². The molecule has 0 aliphatic carbocycles. The number of rotatable bonds is 8. The maximum absolute atomic E-state index is 14.4. The lowest BCUT2D eigenvalue weighted by Gasteiger charge is -2.35. The third-order valence-electron chi connectivity index (χ3n) is 8.65. The van der Waals surface area contributed by atoms with Gasteiger partial charge in [0.15, 0.2) is 0 Å². The second-order valence-electron chi connectivity index (χ2n) is 11.0. The van der Waals surface area contributed by atoms with E-state index < -0.39 is 29.6 Å². The van der Waals surface area contributed by atoms with Crippen molar-refractivity contribution in [3.63, 3.8) is 0 Å². The Labute approximate surface area is 239 Å². The number of hydrogen-bond donors (Lipinski definition) is 1. The lowest BCUT2D eigenvalue weighted by molar-refractivity contribution is -0.144. The first kappa shape index (κ1) is 27.2. The number of unbranched alkanes of at least 4 members (excludes halogenated alkanes) is 1. The van der Waals surface area contributed by atoms with Crippen molar-refractivity contribution in [2.24, 2.45) is 11.8 Å². The second kappa shape index (κ2) is 11.1. The van der Waals surface area contributed by atoms with Crippen LogP contribution >= 0.6 is 0 Å². The number of hydrogen-bond acceptors (Lipinski definition) is 6. The fourth-order valence-electron chi connectivity index (χ4n) is 6.76. The van der Waals surface area contributed by atoms with E-state index in [0.717, 1.165) is 5.56 Å². The summed E-state index contributed by atoms with van der Waals surface area (Å²) in [4.78, 5) is 47.8. The Balaban J connectivity index is 1.37. The molecule has 3 amide bonds. The average Bonchev–Trinajstić information content (AvgIpc) is 3.30. The van der Waals surface area contributed by atoms with Gasteiger partial charge >= 0.3 is 0 Å². The molecule has 1 spiro atoms. The summed E-state index contributed by atoms with van der Waals surface area (Å²) in [6, 6.07) is 16.1. The molecule has 4 heterocycles. The Morgan fingerprint density at radius 1 is 0.951 bits per heavy atom. The van der Waals surface area contributed by atoms with Crippen LogP contribution < -0.4 is 9.64 Å². The first-order valence-corrected chi connectivity index (χ1v) is 14.2. The van der Waals surface area contributed by atoms with E-state index in [4.69, 9.17) is 9.47 Å². The number of likely N-dealkylation sites (tertiary alicyclic amines) is 1. The summed E-state index contributed by atoms with van der Waals surface area (Å²) in [7, 11) is 1.59. The molecule has 214 valence electrons. The van der Waals surface area contributed by atoms with Gasteiger partial charge in [-0.25, -0.2) is 0 Å². The van der Waals surface area contributed by atoms with Gasteiger partial charge in [-0.3, -0.25) is 14.4 Å². The van der Waals surface area contributed by atoms with Gasteiger partial charge in [-0.05, 0) is 42.7 Å². The summed E-state index contributed by atoms with van der Waals surface area (Å²) in [5, 5.41) is 9.42. The molecule has 0 radical (unpaired) electrons. The van der Waals surface area contributed by atoms with Gasteiger partial charge in [0.05, 0.1) is 25.0 Å². The molecule has 2 saturated heterocycles. The van der Waals surface area contributed by atoms with Crippen molar-refractivity contribution in [3.8, 4) is 5.75 Å². The highest BCUT2D eigenvalue weighted by molar-refractivity contribution is 6.05. The minimum Gasteiger partial charge on any atom is -0.497 e. The second-order valence-corrected chi connectivity index (χ2v) is 11.0. The molecule has 9 nitrogen and oxygen atoms in total. The van der Waals surface area contributed by atoms with Crippen molar-refractivity contribution in [1.82, 2.24) is 9.80 Å². The predicted molar refractivity (Wildman–Crippen MR) is 152 cm³/mol. The maximum Gasteiger partial charge on any atom is 0.253 e. The van der Waals surface area contributed by atoms with Crippen LogP contribution in [0.3, 0.4) is 0 Å². The molecule has 1 unspecified atom stereocenters. The van der Waals surface area contributed by atoms with Crippen LogP contribution in [0.15, 0.2) is 78.9 Å². The van der Waals surface area contributed by atoms with Crippen LogP contribution in [0.1, 0.15) is 18.4 Å². The number of carbonyl (C=O) groups is 3. The molecule has 2 aromatic rings. The zero-order valence-corrected chi connectivity index (χ0v) is 23.1. The maximum atomic E-state index is 14.4. The lowest BCUT2D eigenvalue weighted by Crippen LogP contribution is -2.55. The Morgan fingerprint density at radius 3 is 2.46 bits per heavy atom. The largest absolute Gasteiger partial charge is 0.497 e. The van der Waals surface area contributed by atoms with E-state index in [0.29, 0.717) is 43.9 Å². The third kappa shape index (κ3) is 4.63. The van der Waals surface area contributed by atoms with Crippen molar-refractivity contribution in [2.75, 3.05) is 38.3 Å². The molecule has 1 N–H and O–H groups in total. The fraction of sp³-hybridized carbons (Fsp3) is 0.406. The Bertz CT molecular complexity index is 1360. The molecular weight excluding hydrogens is 522 g/mol. The molecule has 4 aliphatic heterocycles. The van der Waals surface area contributed by atoms with Gasteiger partial charge in [0.25, 0.3) is 5.91 Å². The summed E-state index contributed by atoms with van der Waals surface area (Å²) in [6.07, 6.45) is 7.94. The van der Waals surface area contributed by atoms with E-state index >= 15 is 0 Å². The van der Waals surface area contributed by atoms with Crippen LogP contribution in [0.5, 0.6) is 5.75 Å². The first-order valence-electron chi connectivity index (χ1n) is 14.2. The molecule has 5 atom stereocenters. The van der Waals surface area contributed by atoms with E-state index in [1.54, 1.807) is 33.9 Å². The van der Waals surface area contributed by atoms with Crippen LogP contribution in [0.2, 0.25) is 0 Å². The quantitative estimate of drug-likeness (QED) is 0.396. The van der Waals surface area contributed by atoms with Gasteiger partial charge < -0.3 is 29.3 Å². The van der Waals surface area contributed by atoms with E-state index in [-0.39, 0.29) is 30.9 Å². The van der Waals surface area contributed by atoms with Gasteiger partial charge in [-0.2, -0.15) is 0 Å². The monoisotopic (exact) mass is 557 g/mol. The minimum absolute atomic E-state index is 0.00792. The number of carbonyl (C=O) groups excluding carboxylic acids is 3. The van der Waals surface area contributed by atoms with E-state index in [9.17, 15) is 19.5 Å². The zero-order valence-electron chi connectivity index (χ0n) is 23.1. The summed E-state index contributed by atoms with van der Waals surface area (Å²) in [5.74, 6) is -1.56. The number of anilines is 1.